The van der Waals surface area contributed by atoms with Gasteiger partial charge < -0.3 is 10.0 Å². The van der Waals surface area contributed by atoms with Crippen LogP contribution in [0.1, 0.15) is 25.3 Å². The van der Waals surface area contributed by atoms with E-state index in [1.54, 1.807) is 0 Å². The van der Waals surface area contributed by atoms with Crippen molar-refractivity contribution in [2.24, 2.45) is 5.92 Å². The van der Waals surface area contributed by atoms with E-state index in [4.69, 9.17) is 5.11 Å². The Balaban J connectivity index is 2.07. The van der Waals surface area contributed by atoms with Gasteiger partial charge in [-0.05, 0) is 37.5 Å². The fourth-order valence-corrected chi connectivity index (χ4v) is 2.58. The molecule has 6 heteroatoms. The van der Waals surface area contributed by atoms with Crippen molar-refractivity contribution in [3.63, 3.8) is 0 Å². The third-order valence-corrected chi connectivity index (χ3v) is 3.89. The summed E-state index contributed by atoms with van der Waals surface area (Å²) in [5, 5.41) is 9.05. The SMILES string of the molecule is CC1CCC(C(=O)O)CN1C(=O)Cc1ccc(F)c(F)c1. The number of carbonyl (C=O) groups excluding carboxylic acids is 1. The minimum absolute atomic E-state index is 0.0432. The number of carboxylic acids is 1. The summed E-state index contributed by atoms with van der Waals surface area (Å²) >= 11 is 0. The van der Waals surface area contributed by atoms with Gasteiger partial charge in [0, 0.05) is 12.6 Å². The van der Waals surface area contributed by atoms with Crippen molar-refractivity contribution in [3.8, 4) is 0 Å². The quantitative estimate of drug-likeness (QED) is 0.930. The Morgan fingerprint density at radius 1 is 1.29 bits per heavy atom. The average molecular weight is 297 g/mol. The summed E-state index contributed by atoms with van der Waals surface area (Å²) in [6, 6.07) is 3.30. The van der Waals surface area contributed by atoms with Gasteiger partial charge in [0.25, 0.3) is 0 Å². The number of piperidine rings is 1. The van der Waals surface area contributed by atoms with Crippen LogP contribution in [-0.4, -0.2) is 34.5 Å². The summed E-state index contributed by atoms with van der Waals surface area (Å²) in [4.78, 5) is 24.8. The number of hydrogen-bond donors (Lipinski definition) is 1. The maximum Gasteiger partial charge on any atom is 0.308 e. The third kappa shape index (κ3) is 3.56. The normalized spacial score (nSPS) is 22.1. The molecule has 2 rings (SSSR count). The first-order valence-electron chi connectivity index (χ1n) is 6.84. The van der Waals surface area contributed by atoms with Gasteiger partial charge in [0.05, 0.1) is 12.3 Å². The Labute approximate surface area is 121 Å². The monoisotopic (exact) mass is 297 g/mol. The first kappa shape index (κ1) is 15.4. The van der Waals surface area contributed by atoms with Gasteiger partial charge in [-0.15, -0.1) is 0 Å². The Hall–Kier alpha value is -1.98. The minimum Gasteiger partial charge on any atom is -0.481 e. The second kappa shape index (κ2) is 6.20. The van der Waals surface area contributed by atoms with E-state index in [1.807, 2.05) is 6.92 Å². The number of hydrogen-bond acceptors (Lipinski definition) is 2. The maximum atomic E-state index is 13.1. The highest BCUT2D eigenvalue weighted by Crippen LogP contribution is 2.23. The van der Waals surface area contributed by atoms with Crippen LogP contribution in [0.5, 0.6) is 0 Å². The molecule has 1 heterocycles. The standard InChI is InChI=1S/C15H17F2NO3/c1-9-2-4-11(15(20)21)8-18(9)14(19)7-10-3-5-12(16)13(17)6-10/h3,5-6,9,11H,2,4,7-8H2,1H3,(H,20,21). The Morgan fingerprint density at radius 2 is 2.00 bits per heavy atom. The van der Waals surface area contributed by atoms with Crippen molar-refractivity contribution < 1.29 is 23.5 Å². The molecule has 0 saturated carbocycles. The van der Waals surface area contributed by atoms with E-state index in [0.29, 0.717) is 18.4 Å². The Morgan fingerprint density at radius 3 is 2.62 bits per heavy atom. The summed E-state index contributed by atoms with van der Waals surface area (Å²) in [5.74, 6) is -3.68. The van der Waals surface area contributed by atoms with Gasteiger partial charge >= 0.3 is 5.97 Å². The van der Waals surface area contributed by atoms with E-state index in [1.165, 1.54) is 11.0 Å². The highest BCUT2D eigenvalue weighted by atomic mass is 19.2. The second-order valence-electron chi connectivity index (χ2n) is 5.43. The van der Waals surface area contributed by atoms with Crippen LogP contribution in [0.15, 0.2) is 18.2 Å². The lowest BCUT2D eigenvalue weighted by Crippen LogP contribution is -2.47. The highest BCUT2D eigenvalue weighted by molar-refractivity contribution is 5.80. The number of likely N-dealkylation sites (tertiary alicyclic amines) is 1. The van der Waals surface area contributed by atoms with Gasteiger partial charge in [0.15, 0.2) is 11.6 Å². The van der Waals surface area contributed by atoms with E-state index in [9.17, 15) is 18.4 Å². The zero-order valence-corrected chi connectivity index (χ0v) is 11.7. The molecule has 1 amide bonds. The Bertz CT molecular complexity index is 562. The predicted octanol–water partition coefficient (Wildman–Crippen LogP) is 2.22. The van der Waals surface area contributed by atoms with Crippen LogP contribution in [0.4, 0.5) is 8.78 Å². The molecule has 1 fully saturated rings. The molecule has 0 bridgehead atoms. The zero-order chi connectivity index (χ0) is 15.6. The number of carboxylic acid groups (broad SMARTS) is 1. The molecule has 0 radical (unpaired) electrons. The van der Waals surface area contributed by atoms with Crippen molar-refractivity contribution >= 4 is 11.9 Å². The van der Waals surface area contributed by atoms with Gasteiger partial charge in [-0.25, -0.2) is 8.78 Å². The third-order valence-electron chi connectivity index (χ3n) is 3.89. The van der Waals surface area contributed by atoms with Gasteiger partial charge in [-0.2, -0.15) is 0 Å². The number of aliphatic carboxylic acids is 1. The molecular formula is C15H17F2NO3. The smallest absolute Gasteiger partial charge is 0.308 e. The minimum atomic E-state index is -0.990. The molecule has 114 valence electrons. The summed E-state index contributed by atoms with van der Waals surface area (Å²) in [6.45, 7) is 2.03. The molecule has 0 spiro atoms. The Kier molecular flexibility index (Phi) is 4.55. The second-order valence-corrected chi connectivity index (χ2v) is 5.43. The molecule has 0 aromatic heterocycles. The first-order chi connectivity index (χ1) is 9.88. The van der Waals surface area contributed by atoms with Crippen LogP contribution < -0.4 is 0 Å². The largest absolute Gasteiger partial charge is 0.481 e. The predicted molar refractivity (Wildman–Crippen MR) is 71.6 cm³/mol. The lowest BCUT2D eigenvalue weighted by molar-refractivity contribution is -0.146. The van der Waals surface area contributed by atoms with Crippen LogP contribution in [0.2, 0.25) is 0 Å². The molecule has 2 atom stereocenters. The molecular weight excluding hydrogens is 280 g/mol. The molecule has 2 unspecified atom stereocenters. The summed E-state index contributed by atoms with van der Waals surface area (Å²) in [7, 11) is 0. The van der Waals surface area contributed by atoms with Crippen LogP contribution in [0.3, 0.4) is 0 Å². The summed E-state index contributed by atoms with van der Waals surface area (Å²) in [5.41, 5.74) is 0.378. The van der Waals surface area contributed by atoms with Crippen LogP contribution in [-0.2, 0) is 16.0 Å². The molecule has 1 aliphatic heterocycles. The van der Waals surface area contributed by atoms with E-state index in [2.05, 4.69) is 0 Å². The van der Waals surface area contributed by atoms with Crippen molar-refractivity contribution in [2.45, 2.75) is 32.2 Å². The fraction of sp³-hybridized carbons (Fsp3) is 0.467. The van der Waals surface area contributed by atoms with Crippen LogP contribution >= 0.6 is 0 Å². The highest BCUT2D eigenvalue weighted by Gasteiger charge is 2.32. The first-order valence-corrected chi connectivity index (χ1v) is 6.84. The molecule has 1 N–H and O–H groups in total. The summed E-state index contributed by atoms with van der Waals surface area (Å²) < 4.78 is 26.0. The van der Waals surface area contributed by atoms with Crippen LogP contribution in [0, 0.1) is 17.6 Å². The number of rotatable bonds is 3. The van der Waals surface area contributed by atoms with E-state index in [-0.39, 0.29) is 24.9 Å². The number of nitrogens with zero attached hydrogens (tertiary/aromatic N) is 1. The van der Waals surface area contributed by atoms with E-state index >= 15 is 0 Å². The average Bonchev–Trinajstić information content (AvgIpc) is 2.43. The van der Waals surface area contributed by atoms with Crippen molar-refractivity contribution in [2.75, 3.05) is 6.54 Å². The molecule has 1 aromatic rings. The number of carbonyl (C=O) groups is 2. The molecule has 4 nitrogen and oxygen atoms in total. The van der Waals surface area contributed by atoms with E-state index < -0.39 is 23.5 Å². The number of amides is 1. The van der Waals surface area contributed by atoms with Gasteiger partial charge in [-0.3, -0.25) is 9.59 Å². The van der Waals surface area contributed by atoms with E-state index in [0.717, 1.165) is 12.1 Å². The zero-order valence-electron chi connectivity index (χ0n) is 11.7. The lowest BCUT2D eigenvalue weighted by Gasteiger charge is -2.36. The fourth-order valence-electron chi connectivity index (χ4n) is 2.58. The topological polar surface area (TPSA) is 57.6 Å². The molecule has 1 saturated heterocycles. The number of halogens is 2. The van der Waals surface area contributed by atoms with Crippen molar-refractivity contribution in [1.82, 2.24) is 4.90 Å². The summed E-state index contributed by atoms with van der Waals surface area (Å²) in [6.07, 6.45) is 1.11. The molecule has 1 aliphatic rings. The molecule has 0 aliphatic carbocycles. The van der Waals surface area contributed by atoms with Crippen molar-refractivity contribution in [1.29, 1.82) is 0 Å². The van der Waals surface area contributed by atoms with Crippen molar-refractivity contribution in [3.05, 3.63) is 35.4 Å². The molecule has 21 heavy (non-hydrogen) atoms. The van der Waals surface area contributed by atoms with Gasteiger partial charge in [-0.1, -0.05) is 6.07 Å². The number of benzene rings is 1. The lowest BCUT2D eigenvalue weighted by atomic mass is 9.93. The van der Waals surface area contributed by atoms with Crippen LogP contribution in [0.25, 0.3) is 0 Å². The van der Waals surface area contributed by atoms with Gasteiger partial charge in [0.2, 0.25) is 5.91 Å². The maximum absolute atomic E-state index is 13.1. The van der Waals surface area contributed by atoms with Gasteiger partial charge in [0.1, 0.15) is 0 Å². The molecule has 1 aromatic carbocycles.